The van der Waals surface area contributed by atoms with Crippen molar-refractivity contribution in [1.82, 2.24) is 4.98 Å². The first kappa shape index (κ1) is 11.7. The summed E-state index contributed by atoms with van der Waals surface area (Å²) in [6, 6.07) is 5.60. The number of benzene rings is 1. The predicted octanol–water partition coefficient (Wildman–Crippen LogP) is 0.829. The van der Waals surface area contributed by atoms with Crippen molar-refractivity contribution in [1.29, 1.82) is 0 Å². The van der Waals surface area contributed by atoms with Crippen LogP contribution in [0.5, 0.6) is 0 Å². The van der Waals surface area contributed by atoms with E-state index in [1.165, 1.54) is 7.11 Å². The topological polar surface area (TPSA) is 93.5 Å². The van der Waals surface area contributed by atoms with Gasteiger partial charge in [-0.3, -0.25) is 0 Å². The number of aromatic nitrogens is 1. The quantitative estimate of drug-likeness (QED) is 0.667. The molecule has 0 aliphatic rings. The summed E-state index contributed by atoms with van der Waals surface area (Å²) in [6.45, 7) is 0.580. The second-order valence-electron chi connectivity index (χ2n) is 3.74. The van der Waals surface area contributed by atoms with Crippen molar-refractivity contribution < 1.29 is 14.3 Å². The number of aliphatic hydroxyl groups is 1. The van der Waals surface area contributed by atoms with Gasteiger partial charge in [0.05, 0.1) is 12.7 Å². The van der Waals surface area contributed by atoms with Crippen LogP contribution in [-0.4, -0.2) is 36.5 Å². The monoisotopic (exact) mass is 237 g/mol. The molecule has 1 atom stereocenters. The van der Waals surface area contributed by atoms with Gasteiger partial charge < -0.3 is 25.3 Å². The summed E-state index contributed by atoms with van der Waals surface area (Å²) in [5, 5.41) is 12.3. The van der Waals surface area contributed by atoms with Crippen LogP contribution in [-0.2, 0) is 4.74 Å². The average Bonchev–Trinajstić information content (AvgIpc) is 2.68. The molecule has 0 radical (unpaired) electrons. The second kappa shape index (κ2) is 5.03. The Balaban J connectivity index is 2.04. The Bertz CT molecular complexity index is 498. The summed E-state index contributed by atoms with van der Waals surface area (Å²) in [5.74, 6) is 0. The number of nitrogens with one attached hydrogen (secondary N) is 1. The SMILES string of the molecule is COCC(O)CNc1nc2cc(N)ccc2o1. The molecule has 2 aromatic rings. The number of fused-ring (bicyclic) bond motifs is 1. The fraction of sp³-hybridized carbons (Fsp3) is 0.364. The first-order valence-corrected chi connectivity index (χ1v) is 5.26. The maximum Gasteiger partial charge on any atom is 0.295 e. The van der Waals surface area contributed by atoms with Crippen LogP contribution in [0.15, 0.2) is 22.6 Å². The van der Waals surface area contributed by atoms with Gasteiger partial charge in [-0.25, -0.2) is 0 Å². The van der Waals surface area contributed by atoms with E-state index < -0.39 is 6.10 Å². The highest BCUT2D eigenvalue weighted by atomic mass is 16.5. The van der Waals surface area contributed by atoms with Gasteiger partial charge in [0.2, 0.25) is 0 Å². The van der Waals surface area contributed by atoms with Crippen molar-refractivity contribution in [2.75, 3.05) is 31.3 Å². The average molecular weight is 237 g/mol. The number of ether oxygens (including phenoxy) is 1. The molecule has 6 nitrogen and oxygen atoms in total. The Labute approximate surface area is 98.4 Å². The molecule has 1 aromatic carbocycles. The number of methoxy groups -OCH3 is 1. The Hall–Kier alpha value is -1.79. The van der Waals surface area contributed by atoms with Crippen LogP contribution in [0.1, 0.15) is 0 Å². The zero-order valence-corrected chi connectivity index (χ0v) is 9.51. The second-order valence-corrected chi connectivity index (χ2v) is 3.74. The van der Waals surface area contributed by atoms with Crippen LogP contribution in [0, 0.1) is 0 Å². The highest BCUT2D eigenvalue weighted by Gasteiger charge is 2.08. The normalized spacial score (nSPS) is 12.8. The summed E-state index contributed by atoms with van der Waals surface area (Å²) in [4.78, 5) is 4.20. The van der Waals surface area contributed by atoms with Gasteiger partial charge in [-0.15, -0.1) is 0 Å². The number of anilines is 2. The molecule has 1 heterocycles. The molecule has 0 amide bonds. The Morgan fingerprint density at radius 3 is 3.18 bits per heavy atom. The molecule has 0 aliphatic carbocycles. The smallest absolute Gasteiger partial charge is 0.295 e. The van der Waals surface area contributed by atoms with Gasteiger partial charge in [0.1, 0.15) is 5.52 Å². The van der Waals surface area contributed by atoms with Crippen molar-refractivity contribution in [3.05, 3.63) is 18.2 Å². The molecular formula is C11H15N3O3. The number of oxazole rings is 1. The highest BCUT2D eigenvalue weighted by Crippen LogP contribution is 2.20. The van der Waals surface area contributed by atoms with E-state index in [1.54, 1.807) is 18.2 Å². The molecule has 92 valence electrons. The molecule has 2 rings (SSSR count). The number of aliphatic hydroxyl groups excluding tert-OH is 1. The van der Waals surface area contributed by atoms with Crippen molar-refractivity contribution in [2.24, 2.45) is 0 Å². The highest BCUT2D eigenvalue weighted by molar-refractivity contribution is 5.78. The summed E-state index contributed by atoms with van der Waals surface area (Å²) < 4.78 is 10.2. The van der Waals surface area contributed by atoms with Crippen molar-refractivity contribution in [2.45, 2.75) is 6.10 Å². The van der Waals surface area contributed by atoms with Crippen molar-refractivity contribution >= 4 is 22.8 Å². The molecule has 1 unspecified atom stereocenters. The first-order valence-electron chi connectivity index (χ1n) is 5.26. The Morgan fingerprint density at radius 2 is 2.41 bits per heavy atom. The van der Waals surface area contributed by atoms with Crippen LogP contribution >= 0.6 is 0 Å². The van der Waals surface area contributed by atoms with E-state index >= 15 is 0 Å². The van der Waals surface area contributed by atoms with E-state index in [0.717, 1.165) is 0 Å². The minimum atomic E-state index is -0.597. The largest absolute Gasteiger partial charge is 0.424 e. The maximum absolute atomic E-state index is 9.45. The van der Waals surface area contributed by atoms with Crippen LogP contribution in [0.2, 0.25) is 0 Å². The molecule has 0 saturated heterocycles. The van der Waals surface area contributed by atoms with Gasteiger partial charge in [0.15, 0.2) is 5.58 Å². The third kappa shape index (κ3) is 2.86. The zero-order valence-electron chi connectivity index (χ0n) is 9.51. The van der Waals surface area contributed by atoms with E-state index in [0.29, 0.717) is 29.3 Å². The molecule has 0 aliphatic heterocycles. The molecule has 4 N–H and O–H groups in total. The van der Waals surface area contributed by atoms with Crippen molar-refractivity contribution in [3.8, 4) is 0 Å². The third-order valence-electron chi connectivity index (χ3n) is 2.26. The van der Waals surface area contributed by atoms with Gasteiger partial charge in [0, 0.05) is 19.3 Å². The van der Waals surface area contributed by atoms with Crippen LogP contribution in [0.3, 0.4) is 0 Å². The predicted molar refractivity (Wildman–Crippen MR) is 64.8 cm³/mol. The number of nitrogen functional groups attached to an aromatic ring is 1. The first-order chi connectivity index (χ1) is 8.19. The lowest BCUT2D eigenvalue weighted by molar-refractivity contribution is 0.0724. The lowest BCUT2D eigenvalue weighted by Crippen LogP contribution is -2.24. The van der Waals surface area contributed by atoms with E-state index in [2.05, 4.69) is 10.3 Å². The van der Waals surface area contributed by atoms with Gasteiger partial charge in [0.25, 0.3) is 6.01 Å². The van der Waals surface area contributed by atoms with E-state index in [4.69, 9.17) is 14.9 Å². The number of hydrogen-bond donors (Lipinski definition) is 3. The molecule has 1 aromatic heterocycles. The fourth-order valence-electron chi connectivity index (χ4n) is 1.48. The Kier molecular flexibility index (Phi) is 3.46. The molecule has 0 spiro atoms. The lowest BCUT2D eigenvalue weighted by Gasteiger charge is -2.08. The zero-order chi connectivity index (χ0) is 12.3. The number of rotatable bonds is 5. The van der Waals surface area contributed by atoms with Crippen molar-refractivity contribution in [3.63, 3.8) is 0 Å². The molecule has 6 heteroatoms. The van der Waals surface area contributed by atoms with E-state index in [-0.39, 0.29) is 6.61 Å². The molecule has 17 heavy (non-hydrogen) atoms. The Morgan fingerprint density at radius 1 is 1.59 bits per heavy atom. The molecular weight excluding hydrogens is 222 g/mol. The summed E-state index contributed by atoms with van der Waals surface area (Å²) in [5.41, 5.74) is 7.62. The van der Waals surface area contributed by atoms with Gasteiger partial charge in [-0.1, -0.05) is 0 Å². The molecule has 0 bridgehead atoms. The standard InChI is InChI=1S/C11H15N3O3/c1-16-6-8(15)5-13-11-14-9-4-7(12)2-3-10(9)17-11/h2-4,8,15H,5-6,12H2,1H3,(H,13,14). The number of hydrogen-bond acceptors (Lipinski definition) is 6. The minimum absolute atomic E-state index is 0.264. The van der Waals surface area contributed by atoms with E-state index in [1.807, 2.05) is 0 Å². The molecule has 0 saturated carbocycles. The lowest BCUT2D eigenvalue weighted by atomic mass is 10.3. The molecule has 0 fully saturated rings. The van der Waals surface area contributed by atoms with Crippen LogP contribution < -0.4 is 11.1 Å². The number of nitrogens with zero attached hydrogens (tertiary/aromatic N) is 1. The fourth-order valence-corrected chi connectivity index (χ4v) is 1.48. The minimum Gasteiger partial charge on any atom is -0.424 e. The van der Waals surface area contributed by atoms with E-state index in [9.17, 15) is 5.11 Å². The van der Waals surface area contributed by atoms with Gasteiger partial charge in [-0.05, 0) is 18.2 Å². The van der Waals surface area contributed by atoms with Gasteiger partial charge in [-0.2, -0.15) is 4.98 Å². The van der Waals surface area contributed by atoms with Crippen LogP contribution in [0.4, 0.5) is 11.7 Å². The summed E-state index contributed by atoms with van der Waals surface area (Å²) >= 11 is 0. The summed E-state index contributed by atoms with van der Waals surface area (Å²) in [6.07, 6.45) is -0.597. The maximum atomic E-state index is 9.45. The van der Waals surface area contributed by atoms with Crippen LogP contribution in [0.25, 0.3) is 11.1 Å². The third-order valence-corrected chi connectivity index (χ3v) is 2.26. The van der Waals surface area contributed by atoms with Gasteiger partial charge >= 0.3 is 0 Å². The summed E-state index contributed by atoms with van der Waals surface area (Å²) in [7, 11) is 1.53. The number of nitrogens with two attached hydrogens (primary N) is 1.